The van der Waals surface area contributed by atoms with E-state index in [2.05, 4.69) is 36.7 Å². The molecule has 2 atom stereocenters. The molecule has 1 aromatic heterocycles. The highest BCUT2D eigenvalue weighted by Gasteiger charge is 2.30. The summed E-state index contributed by atoms with van der Waals surface area (Å²) >= 11 is 1.85. The molecule has 1 heterocycles. The summed E-state index contributed by atoms with van der Waals surface area (Å²) in [6, 6.07) is 5.63. The molecule has 1 saturated carbocycles. The van der Waals surface area contributed by atoms with Gasteiger partial charge in [-0.1, -0.05) is 13.0 Å². The van der Waals surface area contributed by atoms with Crippen LogP contribution in [0.3, 0.4) is 0 Å². The van der Waals surface area contributed by atoms with Crippen molar-refractivity contribution in [3.8, 4) is 0 Å². The highest BCUT2D eigenvalue weighted by Crippen LogP contribution is 2.35. The molecule has 2 rings (SSSR count). The molecule has 1 aliphatic rings. The Morgan fingerprint density at radius 3 is 2.86 bits per heavy atom. The number of hydrogen-bond donors (Lipinski definition) is 1. The quantitative estimate of drug-likeness (QED) is 0.781. The minimum Gasteiger partial charge on any atom is -0.306 e. The fourth-order valence-corrected chi connectivity index (χ4v) is 2.77. The summed E-state index contributed by atoms with van der Waals surface area (Å²) in [6.45, 7) is 4.56. The van der Waals surface area contributed by atoms with Crippen molar-refractivity contribution in [1.82, 2.24) is 5.32 Å². The molecule has 78 valence electrons. The summed E-state index contributed by atoms with van der Waals surface area (Å²) in [7, 11) is 0. The number of rotatable bonds is 5. The van der Waals surface area contributed by atoms with E-state index in [1.54, 1.807) is 0 Å². The van der Waals surface area contributed by atoms with Crippen LogP contribution in [0.5, 0.6) is 0 Å². The van der Waals surface area contributed by atoms with E-state index in [-0.39, 0.29) is 0 Å². The fourth-order valence-electron chi connectivity index (χ4n) is 2.03. The van der Waals surface area contributed by atoms with Crippen molar-refractivity contribution in [2.45, 2.75) is 45.2 Å². The zero-order valence-electron chi connectivity index (χ0n) is 8.99. The van der Waals surface area contributed by atoms with Gasteiger partial charge in [-0.15, -0.1) is 11.3 Å². The van der Waals surface area contributed by atoms with Crippen molar-refractivity contribution < 1.29 is 0 Å². The maximum absolute atomic E-state index is 3.74. The lowest BCUT2D eigenvalue weighted by Crippen LogP contribution is -2.32. The third-order valence-corrected chi connectivity index (χ3v) is 4.12. The Morgan fingerprint density at radius 2 is 2.36 bits per heavy atom. The first-order valence-corrected chi connectivity index (χ1v) is 6.48. The molecule has 1 nitrogen and oxygen atoms in total. The lowest BCUT2D eigenvalue weighted by molar-refractivity contribution is 0.408. The van der Waals surface area contributed by atoms with E-state index < -0.39 is 0 Å². The summed E-state index contributed by atoms with van der Waals surface area (Å²) in [5, 5.41) is 5.90. The van der Waals surface area contributed by atoms with E-state index >= 15 is 0 Å². The Labute approximate surface area is 90.5 Å². The second-order valence-corrected chi connectivity index (χ2v) is 5.24. The molecular formula is C12H19NS. The average Bonchev–Trinajstić information content (AvgIpc) is 2.88. The summed E-state index contributed by atoms with van der Waals surface area (Å²) in [5.74, 6) is 0.961. The topological polar surface area (TPSA) is 12.0 Å². The van der Waals surface area contributed by atoms with Gasteiger partial charge in [0.1, 0.15) is 0 Å². The smallest absolute Gasteiger partial charge is 0.0388 e. The summed E-state index contributed by atoms with van der Waals surface area (Å²) in [5.41, 5.74) is 0. The van der Waals surface area contributed by atoms with E-state index in [0.717, 1.165) is 12.0 Å². The molecule has 0 radical (unpaired) electrons. The van der Waals surface area contributed by atoms with Gasteiger partial charge in [0.15, 0.2) is 0 Å². The minimum absolute atomic E-state index is 0.528. The molecule has 1 unspecified atom stereocenters. The Bertz CT molecular complexity index is 264. The Hall–Kier alpha value is -0.340. The van der Waals surface area contributed by atoms with E-state index in [4.69, 9.17) is 0 Å². The molecule has 14 heavy (non-hydrogen) atoms. The van der Waals surface area contributed by atoms with Gasteiger partial charge in [0.25, 0.3) is 0 Å². The van der Waals surface area contributed by atoms with Gasteiger partial charge < -0.3 is 5.32 Å². The molecule has 0 aliphatic heterocycles. The van der Waals surface area contributed by atoms with Crippen LogP contribution in [0.4, 0.5) is 0 Å². The van der Waals surface area contributed by atoms with Gasteiger partial charge in [0, 0.05) is 17.0 Å². The van der Waals surface area contributed by atoms with Gasteiger partial charge in [-0.25, -0.2) is 0 Å². The number of thiophene rings is 1. The lowest BCUT2D eigenvalue weighted by Gasteiger charge is -2.21. The second kappa shape index (κ2) is 4.45. The third kappa shape index (κ3) is 2.37. The molecule has 1 fully saturated rings. The number of hydrogen-bond acceptors (Lipinski definition) is 2. The number of nitrogens with one attached hydrogen (secondary N) is 1. The van der Waals surface area contributed by atoms with Crippen molar-refractivity contribution in [3.05, 3.63) is 22.4 Å². The van der Waals surface area contributed by atoms with Gasteiger partial charge in [0.05, 0.1) is 0 Å². The molecular weight excluding hydrogens is 190 g/mol. The summed E-state index contributed by atoms with van der Waals surface area (Å²) in [6.07, 6.45) is 4.13. The monoisotopic (exact) mass is 209 g/mol. The van der Waals surface area contributed by atoms with E-state index in [0.29, 0.717) is 6.04 Å². The largest absolute Gasteiger partial charge is 0.306 e. The molecule has 2 heteroatoms. The molecule has 1 N–H and O–H groups in total. The van der Waals surface area contributed by atoms with E-state index in [1.165, 1.54) is 24.1 Å². The van der Waals surface area contributed by atoms with E-state index in [1.807, 2.05) is 11.3 Å². The van der Waals surface area contributed by atoms with Crippen LogP contribution in [0, 0.1) is 5.92 Å². The molecule has 0 amide bonds. The zero-order valence-corrected chi connectivity index (χ0v) is 9.81. The van der Waals surface area contributed by atoms with Crippen molar-refractivity contribution in [2.75, 3.05) is 0 Å². The van der Waals surface area contributed by atoms with Crippen molar-refractivity contribution in [2.24, 2.45) is 5.92 Å². The van der Waals surface area contributed by atoms with Gasteiger partial charge in [-0.05, 0) is 43.6 Å². The normalized spacial score (nSPS) is 20.7. The summed E-state index contributed by atoms with van der Waals surface area (Å²) < 4.78 is 0. The maximum Gasteiger partial charge on any atom is 0.0388 e. The highest BCUT2D eigenvalue weighted by atomic mass is 32.1. The zero-order chi connectivity index (χ0) is 9.97. The lowest BCUT2D eigenvalue weighted by atomic mass is 10.1. The SMILES string of the molecule is CCC(N[C@H](C)c1cccs1)C1CC1. The van der Waals surface area contributed by atoms with Crippen molar-refractivity contribution in [3.63, 3.8) is 0 Å². The first-order valence-electron chi connectivity index (χ1n) is 5.60. The predicted octanol–water partition coefficient (Wildman–Crippen LogP) is 3.59. The average molecular weight is 209 g/mol. The first-order chi connectivity index (χ1) is 6.81. The van der Waals surface area contributed by atoms with Crippen LogP contribution in [0.2, 0.25) is 0 Å². The van der Waals surface area contributed by atoms with Gasteiger partial charge in [-0.2, -0.15) is 0 Å². The third-order valence-electron chi connectivity index (χ3n) is 3.06. The molecule has 1 aliphatic carbocycles. The molecule has 1 aromatic rings. The predicted molar refractivity (Wildman–Crippen MR) is 62.7 cm³/mol. The maximum atomic E-state index is 3.74. The highest BCUT2D eigenvalue weighted by molar-refractivity contribution is 7.10. The first kappa shape index (κ1) is 10.2. The van der Waals surface area contributed by atoms with Gasteiger partial charge in [0.2, 0.25) is 0 Å². The fraction of sp³-hybridized carbons (Fsp3) is 0.667. The Balaban J connectivity index is 1.89. The standard InChI is InChI=1S/C12H19NS/c1-3-11(10-6-7-10)13-9(2)12-5-4-8-14-12/h4-5,8-11,13H,3,6-7H2,1-2H3/t9-,11?/m1/s1. The van der Waals surface area contributed by atoms with Crippen LogP contribution in [0.1, 0.15) is 44.0 Å². The molecule has 0 bridgehead atoms. The van der Waals surface area contributed by atoms with Crippen LogP contribution >= 0.6 is 11.3 Å². The molecule has 0 saturated heterocycles. The van der Waals surface area contributed by atoms with Crippen LogP contribution in [0.25, 0.3) is 0 Å². The molecule has 0 spiro atoms. The Morgan fingerprint density at radius 1 is 1.57 bits per heavy atom. The van der Waals surface area contributed by atoms with Gasteiger partial charge in [-0.3, -0.25) is 0 Å². The second-order valence-electron chi connectivity index (χ2n) is 4.26. The molecule has 0 aromatic carbocycles. The van der Waals surface area contributed by atoms with E-state index in [9.17, 15) is 0 Å². The summed E-state index contributed by atoms with van der Waals surface area (Å²) in [4.78, 5) is 1.46. The van der Waals surface area contributed by atoms with Crippen LogP contribution in [0.15, 0.2) is 17.5 Å². The van der Waals surface area contributed by atoms with Crippen LogP contribution in [-0.4, -0.2) is 6.04 Å². The van der Waals surface area contributed by atoms with Crippen molar-refractivity contribution in [1.29, 1.82) is 0 Å². The van der Waals surface area contributed by atoms with Gasteiger partial charge >= 0.3 is 0 Å². The van der Waals surface area contributed by atoms with Crippen LogP contribution < -0.4 is 5.32 Å². The minimum atomic E-state index is 0.528. The van der Waals surface area contributed by atoms with Crippen molar-refractivity contribution >= 4 is 11.3 Å². The Kier molecular flexibility index (Phi) is 3.24. The van der Waals surface area contributed by atoms with Crippen LogP contribution in [-0.2, 0) is 0 Å².